The standard InChI is InChI=1S/C15H17N7O/c1-11-14(18-6-7-22-10-16-8-21-22)19-9-20-15(11)23-13-4-3-5-17-12(13)2/h3-5,8-10H,6-7H2,1-2H3,(H,18,19,20). The Morgan fingerprint density at radius 3 is 2.87 bits per heavy atom. The van der Waals surface area contributed by atoms with Crippen LogP contribution in [0.25, 0.3) is 0 Å². The fourth-order valence-corrected chi connectivity index (χ4v) is 2.03. The van der Waals surface area contributed by atoms with E-state index in [1.807, 2.05) is 26.0 Å². The second-order valence-corrected chi connectivity index (χ2v) is 4.93. The molecule has 0 bridgehead atoms. The number of nitrogens with one attached hydrogen (secondary N) is 1. The van der Waals surface area contributed by atoms with Crippen molar-refractivity contribution in [2.75, 3.05) is 11.9 Å². The number of hydrogen-bond acceptors (Lipinski definition) is 7. The molecule has 118 valence electrons. The molecule has 1 N–H and O–H groups in total. The molecule has 0 aliphatic carbocycles. The van der Waals surface area contributed by atoms with Crippen molar-refractivity contribution >= 4 is 5.82 Å². The Bertz CT molecular complexity index is 773. The molecule has 8 heteroatoms. The lowest BCUT2D eigenvalue weighted by Gasteiger charge is -2.12. The van der Waals surface area contributed by atoms with E-state index >= 15 is 0 Å². The lowest BCUT2D eigenvalue weighted by atomic mass is 10.3. The van der Waals surface area contributed by atoms with Crippen LogP contribution in [0.5, 0.6) is 11.6 Å². The van der Waals surface area contributed by atoms with Crippen molar-refractivity contribution in [1.82, 2.24) is 29.7 Å². The third kappa shape index (κ3) is 3.60. The summed E-state index contributed by atoms with van der Waals surface area (Å²) < 4.78 is 7.60. The first-order valence-electron chi connectivity index (χ1n) is 7.21. The number of aryl methyl sites for hydroxylation is 1. The van der Waals surface area contributed by atoms with E-state index in [-0.39, 0.29) is 0 Å². The maximum atomic E-state index is 5.85. The molecule has 0 atom stereocenters. The topological polar surface area (TPSA) is 90.6 Å². The predicted molar refractivity (Wildman–Crippen MR) is 84.3 cm³/mol. The molecule has 0 aliphatic heterocycles. The zero-order valence-electron chi connectivity index (χ0n) is 13.0. The molecular formula is C15H17N7O. The van der Waals surface area contributed by atoms with Gasteiger partial charge in [-0.25, -0.2) is 15.0 Å². The first-order valence-corrected chi connectivity index (χ1v) is 7.21. The molecule has 0 aliphatic rings. The summed E-state index contributed by atoms with van der Waals surface area (Å²) in [4.78, 5) is 16.6. The molecular weight excluding hydrogens is 294 g/mol. The summed E-state index contributed by atoms with van der Waals surface area (Å²) in [7, 11) is 0. The molecule has 3 rings (SSSR count). The number of nitrogens with zero attached hydrogens (tertiary/aromatic N) is 6. The van der Waals surface area contributed by atoms with E-state index in [1.54, 1.807) is 17.2 Å². The van der Waals surface area contributed by atoms with Crippen LogP contribution >= 0.6 is 0 Å². The average Bonchev–Trinajstić information content (AvgIpc) is 3.06. The zero-order valence-corrected chi connectivity index (χ0v) is 13.0. The first-order chi connectivity index (χ1) is 11.2. The summed E-state index contributed by atoms with van der Waals surface area (Å²) in [6.45, 7) is 5.18. The van der Waals surface area contributed by atoms with Crippen LogP contribution in [0.4, 0.5) is 5.82 Å². The molecule has 0 amide bonds. The predicted octanol–water partition coefficient (Wildman–Crippen LogP) is 1.98. The van der Waals surface area contributed by atoms with Gasteiger partial charge < -0.3 is 10.1 Å². The van der Waals surface area contributed by atoms with Crippen LogP contribution in [0.2, 0.25) is 0 Å². The van der Waals surface area contributed by atoms with Gasteiger partial charge in [-0.3, -0.25) is 9.67 Å². The molecule has 3 aromatic rings. The Labute approximate surface area is 133 Å². The number of pyridine rings is 1. The lowest BCUT2D eigenvalue weighted by molar-refractivity contribution is 0.451. The van der Waals surface area contributed by atoms with Gasteiger partial charge in [-0.2, -0.15) is 5.10 Å². The minimum Gasteiger partial charge on any atom is -0.437 e. The van der Waals surface area contributed by atoms with Gasteiger partial charge in [0.1, 0.15) is 24.8 Å². The van der Waals surface area contributed by atoms with Crippen molar-refractivity contribution in [2.24, 2.45) is 0 Å². The molecule has 0 radical (unpaired) electrons. The largest absolute Gasteiger partial charge is 0.437 e. The fraction of sp³-hybridized carbons (Fsp3) is 0.267. The summed E-state index contributed by atoms with van der Waals surface area (Å²) >= 11 is 0. The number of aromatic nitrogens is 6. The van der Waals surface area contributed by atoms with Gasteiger partial charge in [0.2, 0.25) is 5.88 Å². The lowest BCUT2D eigenvalue weighted by Crippen LogP contribution is -2.13. The highest BCUT2D eigenvalue weighted by Gasteiger charge is 2.10. The van der Waals surface area contributed by atoms with Gasteiger partial charge >= 0.3 is 0 Å². The van der Waals surface area contributed by atoms with Crippen molar-refractivity contribution in [2.45, 2.75) is 20.4 Å². The van der Waals surface area contributed by atoms with Crippen molar-refractivity contribution in [1.29, 1.82) is 0 Å². The summed E-state index contributed by atoms with van der Waals surface area (Å²) in [6.07, 6.45) is 6.39. The summed E-state index contributed by atoms with van der Waals surface area (Å²) in [6, 6.07) is 3.69. The quantitative estimate of drug-likeness (QED) is 0.744. The molecule has 3 aromatic heterocycles. The number of ether oxygens (including phenoxy) is 1. The normalized spacial score (nSPS) is 10.5. The van der Waals surface area contributed by atoms with Crippen LogP contribution < -0.4 is 10.1 Å². The molecule has 0 fully saturated rings. The van der Waals surface area contributed by atoms with Gasteiger partial charge in [0.15, 0.2) is 5.75 Å². The third-order valence-electron chi connectivity index (χ3n) is 3.30. The van der Waals surface area contributed by atoms with Crippen molar-refractivity contribution in [3.8, 4) is 11.6 Å². The van der Waals surface area contributed by atoms with Crippen LogP contribution in [0.1, 0.15) is 11.3 Å². The molecule has 0 spiro atoms. The Hall–Kier alpha value is -3.03. The van der Waals surface area contributed by atoms with Crippen LogP contribution in [-0.4, -0.2) is 36.3 Å². The van der Waals surface area contributed by atoms with E-state index in [0.29, 0.717) is 24.7 Å². The van der Waals surface area contributed by atoms with Crippen LogP contribution in [0.3, 0.4) is 0 Å². The number of anilines is 1. The Balaban J connectivity index is 1.69. The van der Waals surface area contributed by atoms with Gasteiger partial charge in [0, 0.05) is 12.7 Å². The fourth-order valence-electron chi connectivity index (χ4n) is 2.03. The van der Waals surface area contributed by atoms with E-state index in [2.05, 4.69) is 30.4 Å². The van der Waals surface area contributed by atoms with Crippen LogP contribution in [0, 0.1) is 13.8 Å². The third-order valence-corrected chi connectivity index (χ3v) is 3.30. The Morgan fingerprint density at radius 1 is 1.17 bits per heavy atom. The second-order valence-electron chi connectivity index (χ2n) is 4.93. The molecule has 8 nitrogen and oxygen atoms in total. The number of hydrogen-bond donors (Lipinski definition) is 1. The monoisotopic (exact) mass is 311 g/mol. The Kier molecular flexibility index (Phi) is 4.41. The van der Waals surface area contributed by atoms with E-state index in [9.17, 15) is 0 Å². The maximum absolute atomic E-state index is 5.85. The summed E-state index contributed by atoms with van der Waals surface area (Å²) in [5.74, 6) is 1.93. The minimum absolute atomic E-state index is 0.513. The molecule has 3 heterocycles. The van der Waals surface area contributed by atoms with Crippen LogP contribution in [0.15, 0.2) is 37.3 Å². The number of rotatable bonds is 6. The highest BCUT2D eigenvalue weighted by atomic mass is 16.5. The van der Waals surface area contributed by atoms with Gasteiger partial charge in [-0.1, -0.05) is 0 Å². The SMILES string of the molecule is Cc1ncccc1Oc1ncnc(NCCn2cncn2)c1C. The average molecular weight is 311 g/mol. The van der Waals surface area contributed by atoms with Gasteiger partial charge in [0.05, 0.1) is 17.8 Å². The van der Waals surface area contributed by atoms with E-state index < -0.39 is 0 Å². The highest BCUT2D eigenvalue weighted by Crippen LogP contribution is 2.27. The highest BCUT2D eigenvalue weighted by molar-refractivity contribution is 5.48. The zero-order chi connectivity index (χ0) is 16.1. The van der Waals surface area contributed by atoms with Crippen molar-refractivity contribution < 1.29 is 4.74 Å². The van der Waals surface area contributed by atoms with Gasteiger partial charge in [-0.15, -0.1) is 0 Å². The molecule has 23 heavy (non-hydrogen) atoms. The summed E-state index contributed by atoms with van der Waals surface area (Å²) in [5.41, 5.74) is 1.65. The molecule has 0 unspecified atom stereocenters. The van der Waals surface area contributed by atoms with E-state index in [0.717, 1.165) is 17.1 Å². The smallest absolute Gasteiger partial charge is 0.227 e. The minimum atomic E-state index is 0.513. The maximum Gasteiger partial charge on any atom is 0.227 e. The van der Waals surface area contributed by atoms with E-state index in [1.165, 1.54) is 12.7 Å². The first kappa shape index (κ1) is 14.9. The Morgan fingerprint density at radius 2 is 2.09 bits per heavy atom. The van der Waals surface area contributed by atoms with Gasteiger partial charge in [0.25, 0.3) is 0 Å². The van der Waals surface area contributed by atoms with Crippen molar-refractivity contribution in [3.63, 3.8) is 0 Å². The molecule has 0 aromatic carbocycles. The second kappa shape index (κ2) is 6.82. The van der Waals surface area contributed by atoms with Crippen LogP contribution in [-0.2, 0) is 6.54 Å². The van der Waals surface area contributed by atoms with Gasteiger partial charge in [-0.05, 0) is 26.0 Å². The van der Waals surface area contributed by atoms with Crippen molar-refractivity contribution in [3.05, 3.63) is 48.6 Å². The molecule has 0 saturated carbocycles. The van der Waals surface area contributed by atoms with E-state index in [4.69, 9.17) is 4.74 Å². The summed E-state index contributed by atoms with van der Waals surface area (Å²) in [5, 5.41) is 7.31. The molecule has 0 saturated heterocycles.